The molecule has 2 rings (SSSR count). The van der Waals surface area contributed by atoms with Gasteiger partial charge in [-0.25, -0.2) is 14.5 Å². The number of halogens is 1. The van der Waals surface area contributed by atoms with Crippen molar-refractivity contribution in [1.29, 1.82) is 0 Å². The highest BCUT2D eigenvalue weighted by molar-refractivity contribution is 6.18. The third-order valence-electron chi connectivity index (χ3n) is 2.28. The van der Waals surface area contributed by atoms with Gasteiger partial charge in [-0.15, -0.1) is 11.6 Å². The van der Waals surface area contributed by atoms with Crippen molar-refractivity contribution in [2.75, 3.05) is 17.8 Å². The summed E-state index contributed by atoms with van der Waals surface area (Å²) in [6.07, 6.45) is 4.55. The van der Waals surface area contributed by atoms with E-state index in [0.29, 0.717) is 23.4 Å². The normalized spacial score (nSPS) is 10.1. The number of carbonyl (C=O) groups excluding carboxylic acids is 2. The first kappa shape index (κ1) is 14.0. The van der Waals surface area contributed by atoms with Crippen molar-refractivity contribution >= 4 is 29.7 Å². The van der Waals surface area contributed by atoms with Gasteiger partial charge < -0.3 is 4.74 Å². The second kappa shape index (κ2) is 6.67. The van der Waals surface area contributed by atoms with Crippen LogP contribution >= 0.6 is 11.6 Å². The molecule has 0 aliphatic heterocycles. The number of anilines is 1. The fraction of sp³-hybridized carbons (Fsp3) is 0.167. The van der Waals surface area contributed by atoms with E-state index in [-0.39, 0.29) is 12.5 Å². The average Bonchev–Trinajstić information content (AvgIpc) is 2.94. The Kier molecular flexibility index (Phi) is 4.67. The molecule has 0 bridgehead atoms. The summed E-state index contributed by atoms with van der Waals surface area (Å²) < 4.78 is 6.22. The summed E-state index contributed by atoms with van der Waals surface area (Å²) >= 11 is 5.41. The standard InChI is InChI=1S/C12H11ClN4O3/c13-2-4-20-12(19)16-10-1-3-14-11(5-10)17-7-9(8-18)6-15-17/h1,3,5-8H,2,4H2,(H,14,16,19). The topological polar surface area (TPSA) is 86.1 Å². The van der Waals surface area contributed by atoms with E-state index in [4.69, 9.17) is 16.3 Å². The number of pyridine rings is 1. The molecule has 1 N–H and O–H groups in total. The molecule has 0 saturated heterocycles. The van der Waals surface area contributed by atoms with E-state index in [1.165, 1.54) is 23.3 Å². The molecule has 0 aromatic carbocycles. The molecule has 20 heavy (non-hydrogen) atoms. The molecule has 0 unspecified atom stereocenters. The van der Waals surface area contributed by atoms with Crippen LogP contribution in [0, 0.1) is 0 Å². The molecule has 104 valence electrons. The molecule has 8 heteroatoms. The van der Waals surface area contributed by atoms with Crippen molar-refractivity contribution in [1.82, 2.24) is 14.8 Å². The van der Waals surface area contributed by atoms with Gasteiger partial charge in [0.2, 0.25) is 0 Å². The number of aromatic nitrogens is 3. The quantitative estimate of drug-likeness (QED) is 0.672. The van der Waals surface area contributed by atoms with Crippen LogP contribution in [0.2, 0.25) is 0 Å². The molecule has 0 saturated carbocycles. The van der Waals surface area contributed by atoms with E-state index in [9.17, 15) is 9.59 Å². The number of nitrogens with zero attached hydrogens (tertiary/aromatic N) is 3. The van der Waals surface area contributed by atoms with Gasteiger partial charge in [-0.05, 0) is 6.07 Å². The minimum absolute atomic E-state index is 0.132. The molecule has 1 amide bonds. The Balaban J connectivity index is 2.11. The van der Waals surface area contributed by atoms with Crippen LogP contribution < -0.4 is 5.32 Å². The lowest BCUT2D eigenvalue weighted by atomic mass is 10.4. The molecule has 0 spiro atoms. The van der Waals surface area contributed by atoms with Crippen LogP contribution in [0.15, 0.2) is 30.7 Å². The number of amides is 1. The summed E-state index contributed by atoms with van der Waals surface area (Å²) in [5.74, 6) is 0.699. The maximum absolute atomic E-state index is 11.4. The van der Waals surface area contributed by atoms with Crippen molar-refractivity contribution in [3.63, 3.8) is 0 Å². The predicted octanol–water partition coefficient (Wildman–Crippen LogP) is 1.87. The molecule has 0 aliphatic carbocycles. The van der Waals surface area contributed by atoms with Gasteiger partial charge in [-0.2, -0.15) is 5.10 Å². The van der Waals surface area contributed by atoms with Gasteiger partial charge in [0.25, 0.3) is 0 Å². The lowest BCUT2D eigenvalue weighted by Crippen LogP contribution is -2.15. The number of alkyl halides is 1. The number of ether oxygens (including phenoxy) is 1. The van der Waals surface area contributed by atoms with E-state index in [2.05, 4.69) is 15.4 Å². The lowest BCUT2D eigenvalue weighted by Gasteiger charge is -2.07. The first-order chi connectivity index (χ1) is 9.72. The molecule has 2 aromatic heterocycles. The Hall–Kier alpha value is -2.41. The molecule has 2 aromatic rings. The molecular weight excluding hydrogens is 284 g/mol. The number of hydrogen-bond donors (Lipinski definition) is 1. The molecule has 0 radical (unpaired) electrons. The van der Waals surface area contributed by atoms with Crippen molar-refractivity contribution in [2.24, 2.45) is 0 Å². The summed E-state index contributed by atoms with van der Waals surface area (Å²) in [4.78, 5) is 26.1. The van der Waals surface area contributed by atoms with Crippen LogP contribution in [-0.2, 0) is 4.74 Å². The Bertz CT molecular complexity index is 614. The first-order valence-electron chi connectivity index (χ1n) is 5.69. The van der Waals surface area contributed by atoms with Gasteiger partial charge in [0, 0.05) is 24.1 Å². The van der Waals surface area contributed by atoms with Crippen molar-refractivity contribution < 1.29 is 14.3 Å². The van der Waals surface area contributed by atoms with Crippen LogP contribution in [-0.4, -0.2) is 39.6 Å². The van der Waals surface area contributed by atoms with E-state index in [1.807, 2.05) is 0 Å². The van der Waals surface area contributed by atoms with Gasteiger partial charge in [-0.3, -0.25) is 10.1 Å². The van der Waals surface area contributed by atoms with Crippen LogP contribution in [0.1, 0.15) is 10.4 Å². The van der Waals surface area contributed by atoms with E-state index in [1.54, 1.807) is 12.1 Å². The highest BCUT2D eigenvalue weighted by Crippen LogP contribution is 2.12. The third-order valence-corrected chi connectivity index (χ3v) is 2.43. The molecule has 7 nitrogen and oxygen atoms in total. The maximum Gasteiger partial charge on any atom is 0.411 e. The van der Waals surface area contributed by atoms with E-state index in [0.717, 1.165) is 0 Å². The van der Waals surface area contributed by atoms with Crippen LogP contribution in [0.25, 0.3) is 5.82 Å². The second-order valence-electron chi connectivity index (χ2n) is 3.69. The summed E-state index contributed by atoms with van der Waals surface area (Å²) in [5.41, 5.74) is 0.935. The molecule has 0 fully saturated rings. The number of carbonyl (C=O) groups is 2. The largest absolute Gasteiger partial charge is 0.448 e. The average molecular weight is 295 g/mol. The van der Waals surface area contributed by atoms with Crippen molar-refractivity contribution in [3.05, 3.63) is 36.3 Å². The van der Waals surface area contributed by atoms with Gasteiger partial charge in [-0.1, -0.05) is 0 Å². The van der Waals surface area contributed by atoms with Gasteiger partial charge in [0.15, 0.2) is 12.1 Å². The third kappa shape index (κ3) is 3.55. The van der Waals surface area contributed by atoms with Crippen LogP contribution in [0.5, 0.6) is 0 Å². The Morgan fingerprint density at radius 1 is 1.55 bits per heavy atom. The number of nitrogens with one attached hydrogen (secondary N) is 1. The molecule has 0 aliphatic rings. The first-order valence-corrected chi connectivity index (χ1v) is 6.22. The fourth-order valence-electron chi connectivity index (χ4n) is 1.43. The van der Waals surface area contributed by atoms with E-state index < -0.39 is 6.09 Å². The number of hydrogen-bond acceptors (Lipinski definition) is 5. The Morgan fingerprint density at radius 3 is 3.10 bits per heavy atom. The highest BCUT2D eigenvalue weighted by atomic mass is 35.5. The van der Waals surface area contributed by atoms with Crippen molar-refractivity contribution in [2.45, 2.75) is 0 Å². The minimum atomic E-state index is -0.600. The van der Waals surface area contributed by atoms with E-state index >= 15 is 0 Å². The predicted molar refractivity (Wildman–Crippen MR) is 72.4 cm³/mol. The number of rotatable bonds is 5. The Morgan fingerprint density at radius 2 is 2.40 bits per heavy atom. The van der Waals surface area contributed by atoms with Crippen LogP contribution in [0.4, 0.5) is 10.5 Å². The lowest BCUT2D eigenvalue weighted by molar-refractivity contribution is 0.112. The van der Waals surface area contributed by atoms with Gasteiger partial charge in [0.05, 0.1) is 17.6 Å². The Labute approximate surface area is 119 Å². The summed E-state index contributed by atoms with van der Waals surface area (Å²) in [6.45, 7) is 0.132. The maximum atomic E-state index is 11.4. The molecular formula is C12H11ClN4O3. The van der Waals surface area contributed by atoms with Gasteiger partial charge >= 0.3 is 6.09 Å². The smallest absolute Gasteiger partial charge is 0.411 e. The molecule has 2 heterocycles. The summed E-state index contributed by atoms with van der Waals surface area (Å²) in [5, 5.41) is 6.53. The highest BCUT2D eigenvalue weighted by Gasteiger charge is 2.06. The van der Waals surface area contributed by atoms with Crippen molar-refractivity contribution in [3.8, 4) is 5.82 Å². The van der Waals surface area contributed by atoms with Crippen LogP contribution in [0.3, 0.4) is 0 Å². The minimum Gasteiger partial charge on any atom is -0.448 e. The second-order valence-corrected chi connectivity index (χ2v) is 4.07. The summed E-state index contributed by atoms with van der Waals surface area (Å²) in [6, 6.07) is 3.21. The SMILES string of the molecule is O=Cc1cnn(-c2cc(NC(=O)OCCCl)ccn2)c1. The summed E-state index contributed by atoms with van der Waals surface area (Å²) in [7, 11) is 0. The zero-order valence-corrected chi connectivity index (χ0v) is 11.1. The number of aldehydes is 1. The fourth-order valence-corrected chi connectivity index (χ4v) is 1.51. The monoisotopic (exact) mass is 294 g/mol. The molecule has 0 atom stereocenters. The van der Waals surface area contributed by atoms with Gasteiger partial charge in [0.1, 0.15) is 6.61 Å². The zero-order chi connectivity index (χ0) is 14.4. The zero-order valence-electron chi connectivity index (χ0n) is 10.3.